The van der Waals surface area contributed by atoms with Crippen molar-refractivity contribution in [1.29, 1.82) is 0 Å². The molecular weight excluding hydrogens is 348 g/mol. The van der Waals surface area contributed by atoms with Gasteiger partial charge in [0.25, 0.3) is 0 Å². The van der Waals surface area contributed by atoms with Crippen molar-refractivity contribution in [2.45, 2.75) is 23.8 Å². The molecular formula is C17H17F2N3O2S. The fraction of sp³-hybridized carbons (Fsp3) is 0.353. The third-order valence-corrected chi connectivity index (χ3v) is 4.81. The van der Waals surface area contributed by atoms with Crippen molar-refractivity contribution < 1.29 is 18.3 Å². The van der Waals surface area contributed by atoms with E-state index in [9.17, 15) is 13.6 Å². The van der Waals surface area contributed by atoms with Crippen LogP contribution in [0.2, 0.25) is 0 Å². The lowest BCUT2D eigenvalue weighted by Gasteiger charge is -2.27. The number of methoxy groups -OCH3 is 1. The summed E-state index contributed by atoms with van der Waals surface area (Å²) < 4.78 is 32.3. The standard InChI is InChI=1S/C17H17F2N3O2S/c1-24-15-9-14(22-7-5-12(23)6-8-22)20-17(21-15)25-10-11-3-2-4-13(18)16(11)19/h2-4,9H,5-8,10H2,1H3. The summed E-state index contributed by atoms with van der Waals surface area (Å²) in [5.74, 6) is -0.218. The van der Waals surface area contributed by atoms with Gasteiger partial charge in [0.2, 0.25) is 5.88 Å². The Morgan fingerprint density at radius 2 is 2.00 bits per heavy atom. The average Bonchev–Trinajstić information content (AvgIpc) is 2.63. The molecule has 8 heteroatoms. The summed E-state index contributed by atoms with van der Waals surface area (Å²) in [4.78, 5) is 22.1. The number of rotatable bonds is 5. The van der Waals surface area contributed by atoms with Gasteiger partial charge in [-0.3, -0.25) is 4.79 Å². The predicted octanol–water partition coefficient (Wildman–Crippen LogP) is 3.23. The van der Waals surface area contributed by atoms with Gasteiger partial charge in [0.1, 0.15) is 11.6 Å². The Balaban J connectivity index is 1.77. The maximum Gasteiger partial charge on any atom is 0.219 e. The van der Waals surface area contributed by atoms with Crippen molar-refractivity contribution >= 4 is 23.4 Å². The Morgan fingerprint density at radius 3 is 2.72 bits per heavy atom. The number of anilines is 1. The van der Waals surface area contributed by atoms with Crippen LogP contribution >= 0.6 is 11.8 Å². The summed E-state index contributed by atoms with van der Waals surface area (Å²) in [6, 6.07) is 5.80. The first-order chi connectivity index (χ1) is 12.1. The first-order valence-corrected chi connectivity index (χ1v) is 8.81. The Kier molecular flexibility index (Phi) is 5.47. The van der Waals surface area contributed by atoms with E-state index in [2.05, 4.69) is 9.97 Å². The number of carbonyl (C=O) groups is 1. The Hall–Kier alpha value is -2.22. The molecule has 1 aromatic heterocycles. The minimum absolute atomic E-state index is 0.203. The van der Waals surface area contributed by atoms with Crippen molar-refractivity contribution in [2.24, 2.45) is 0 Å². The molecule has 1 aliphatic heterocycles. The fourth-order valence-electron chi connectivity index (χ4n) is 2.51. The van der Waals surface area contributed by atoms with Gasteiger partial charge in [0.05, 0.1) is 7.11 Å². The lowest BCUT2D eigenvalue weighted by Crippen LogP contribution is -2.34. The smallest absolute Gasteiger partial charge is 0.219 e. The van der Waals surface area contributed by atoms with Gasteiger partial charge in [-0.2, -0.15) is 4.98 Å². The van der Waals surface area contributed by atoms with Crippen molar-refractivity contribution in [2.75, 3.05) is 25.1 Å². The first-order valence-electron chi connectivity index (χ1n) is 7.82. The summed E-state index contributed by atoms with van der Waals surface area (Å²) in [6.07, 6.45) is 0.979. The molecule has 0 bridgehead atoms. The monoisotopic (exact) mass is 365 g/mol. The van der Waals surface area contributed by atoms with E-state index < -0.39 is 11.6 Å². The number of hydrogen-bond acceptors (Lipinski definition) is 6. The zero-order valence-corrected chi connectivity index (χ0v) is 14.5. The van der Waals surface area contributed by atoms with Crippen molar-refractivity contribution in [3.63, 3.8) is 0 Å². The number of halogens is 2. The molecule has 3 rings (SSSR count). The Labute approximate surface area is 148 Å². The maximum absolute atomic E-state index is 13.8. The van der Waals surface area contributed by atoms with E-state index in [0.29, 0.717) is 42.8 Å². The second-order valence-electron chi connectivity index (χ2n) is 5.58. The number of Topliss-reactive ketones (excluding diaryl/α,β-unsaturated/α-hetero) is 1. The zero-order chi connectivity index (χ0) is 17.8. The number of ether oxygens (including phenoxy) is 1. The van der Waals surface area contributed by atoms with Crippen LogP contribution in [0.25, 0.3) is 0 Å². The minimum atomic E-state index is -0.872. The SMILES string of the molecule is COc1cc(N2CCC(=O)CC2)nc(SCc2cccc(F)c2F)n1. The maximum atomic E-state index is 13.8. The molecule has 0 unspecified atom stereocenters. The van der Waals surface area contributed by atoms with E-state index in [0.717, 1.165) is 6.07 Å². The summed E-state index contributed by atoms with van der Waals surface area (Å²) >= 11 is 1.20. The molecule has 2 aromatic rings. The number of hydrogen-bond donors (Lipinski definition) is 0. The van der Waals surface area contributed by atoms with E-state index >= 15 is 0 Å². The molecule has 1 saturated heterocycles. The molecule has 25 heavy (non-hydrogen) atoms. The molecule has 2 heterocycles. The number of carbonyl (C=O) groups excluding carboxylic acids is 1. The second kappa shape index (κ2) is 7.77. The van der Waals surface area contributed by atoms with E-state index in [1.54, 1.807) is 6.07 Å². The quantitative estimate of drug-likeness (QED) is 0.599. The summed E-state index contributed by atoms with van der Waals surface area (Å²) in [6.45, 7) is 1.20. The second-order valence-corrected chi connectivity index (χ2v) is 6.52. The largest absolute Gasteiger partial charge is 0.481 e. The predicted molar refractivity (Wildman–Crippen MR) is 91.0 cm³/mol. The third kappa shape index (κ3) is 4.25. The first kappa shape index (κ1) is 17.6. The van der Waals surface area contributed by atoms with Crippen molar-refractivity contribution in [3.05, 3.63) is 41.5 Å². The van der Waals surface area contributed by atoms with Crippen LogP contribution < -0.4 is 9.64 Å². The molecule has 0 aliphatic carbocycles. The van der Waals surface area contributed by atoms with Crippen LogP contribution in [0.15, 0.2) is 29.4 Å². The normalized spacial score (nSPS) is 14.7. The summed E-state index contributed by atoms with van der Waals surface area (Å²) in [5, 5.41) is 0.412. The van der Waals surface area contributed by atoms with Gasteiger partial charge in [-0.1, -0.05) is 23.9 Å². The lowest BCUT2D eigenvalue weighted by atomic mass is 10.1. The van der Waals surface area contributed by atoms with E-state index in [1.165, 1.54) is 31.0 Å². The van der Waals surface area contributed by atoms with Crippen molar-refractivity contribution in [1.82, 2.24) is 9.97 Å². The van der Waals surface area contributed by atoms with E-state index in [1.807, 2.05) is 4.90 Å². The van der Waals surface area contributed by atoms with E-state index in [-0.39, 0.29) is 17.1 Å². The molecule has 1 fully saturated rings. The fourth-order valence-corrected chi connectivity index (χ4v) is 3.33. The third-order valence-electron chi connectivity index (χ3n) is 3.91. The van der Waals surface area contributed by atoms with Gasteiger partial charge in [0, 0.05) is 43.3 Å². The number of piperidine rings is 1. The van der Waals surface area contributed by atoms with Gasteiger partial charge in [-0.15, -0.1) is 0 Å². The molecule has 0 atom stereocenters. The molecule has 0 saturated carbocycles. The summed E-state index contributed by atoms with van der Waals surface area (Å²) in [7, 11) is 1.51. The molecule has 0 spiro atoms. The number of aromatic nitrogens is 2. The van der Waals surface area contributed by atoms with Crippen LogP contribution in [0.5, 0.6) is 5.88 Å². The number of thioether (sulfide) groups is 1. The highest BCUT2D eigenvalue weighted by Gasteiger charge is 2.19. The number of benzene rings is 1. The molecule has 0 N–H and O–H groups in total. The molecule has 1 aliphatic rings. The zero-order valence-electron chi connectivity index (χ0n) is 13.7. The van der Waals surface area contributed by atoms with Crippen LogP contribution in [0.3, 0.4) is 0 Å². The van der Waals surface area contributed by atoms with Crippen LogP contribution in [-0.2, 0) is 10.5 Å². The average molecular weight is 365 g/mol. The van der Waals surface area contributed by atoms with Crippen molar-refractivity contribution in [3.8, 4) is 5.88 Å². The topological polar surface area (TPSA) is 55.3 Å². The highest BCUT2D eigenvalue weighted by Crippen LogP contribution is 2.27. The Morgan fingerprint density at radius 1 is 1.24 bits per heavy atom. The summed E-state index contributed by atoms with van der Waals surface area (Å²) in [5.41, 5.74) is 0.251. The van der Waals surface area contributed by atoms with Crippen LogP contribution in [0, 0.1) is 11.6 Å². The van der Waals surface area contributed by atoms with Crippen LogP contribution in [-0.4, -0.2) is 36.0 Å². The van der Waals surface area contributed by atoms with Gasteiger partial charge in [0.15, 0.2) is 16.8 Å². The van der Waals surface area contributed by atoms with Gasteiger partial charge >= 0.3 is 0 Å². The molecule has 1 aromatic carbocycles. The Bertz CT molecular complexity index is 778. The minimum Gasteiger partial charge on any atom is -0.481 e. The highest BCUT2D eigenvalue weighted by molar-refractivity contribution is 7.98. The highest BCUT2D eigenvalue weighted by atomic mass is 32.2. The lowest BCUT2D eigenvalue weighted by molar-refractivity contribution is -0.119. The van der Waals surface area contributed by atoms with Crippen LogP contribution in [0.4, 0.5) is 14.6 Å². The molecule has 132 valence electrons. The van der Waals surface area contributed by atoms with Gasteiger partial charge < -0.3 is 9.64 Å². The number of ketones is 1. The van der Waals surface area contributed by atoms with Crippen LogP contribution in [0.1, 0.15) is 18.4 Å². The molecule has 5 nitrogen and oxygen atoms in total. The molecule has 0 amide bonds. The van der Waals surface area contributed by atoms with E-state index in [4.69, 9.17) is 4.74 Å². The number of nitrogens with zero attached hydrogens (tertiary/aromatic N) is 3. The van der Waals surface area contributed by atoms with Gasteiger partial charge in [-0.05, 0) is 6.07 Å². The molecule has 0 radical (unpaired) electrons. The van der Waals surface area contributed by atoms with Gasteiger partial charge in [-0.25, -0.2) is 13.8 Å².